The summed E-state index contributed by atoms with van der Waals surface area (Å²) in [6, 6.07) is 0. The Labute approximate surface area is 106 Å². The number of nitrogens with zero attached hydrogens (tertiary/aromatic N) is 1. The Morgan fingerprint density at radius 1 is 1.62 bits per heavy atom. The van der Waals surface area contributed by atoms with Crippen LogP contribution in [0.2, 0.25) is 0 Å². The van der Waals surface area contributed by atoms with E-state index in [1.165, 1.54) is 0 Å². The normalized spacial score (nSPS) is 34.4. The number of alkyl halides is 1. The van der Waals surface area contributed by atoms with Gasteiger partial charge in [0.05, 0.1) is 4.87 Å². The summed E-state index contributed by atoms with van der Waals surface area (Å²) in [5.41, 5.74) is 0. The molecule has 0 N–H and O–H groups in total. The molecular formula is C12H15Cl2NO. The van der Waals surface area contributed by atoms with Crippen LogP contribution in [0.1, 0.15) is 19.3 Å². The standard InChI is InChI=1S/C12H15Cl2NO/c1-15-7-4-9(11(15)16)8-12(14)5-2-10(13)3-6-12/h2-3,5,9H,4,6-8H2,1H3. The van der Waals surface area contributed by atoms with E-state index in [0.29, 0.717) is 12.8 Å². The van der Waals surface area contributed by atoms with Crippen molar-refractivity contribution in [3.63, 3.8) is 0 Å². The van der Waals surface area contributed by atoms with Gasteiger partial charge in [-0.2, -0.15) is 0 Å². The molecule has 1 amide bonds. The third kappa shape index (κ3) is 2.44. The molecule has 0 spiro atoms. The summed E-state index contributed by atoms with van der Waals surface area (Å²) in [4.78, 5) is 13.1. The molecule has 1 heterocycles. The van der Waals surface area contributed by atoms with Crippen LogP contribution in [0.15, 0.2) is 23.3 Å². The second-order valence-electron chi connectivity index (χ2n) is 4.61. The average molecular weight is 260 g/mol. The maximum absolute atomic E-state index is 11.8. The minimum Gasteiger partial charge on any atom is -0.345 e. The van der Waals surface area contributed by atoms with Crippen LogP contribution in [0, 0.1) is 5.92 Å². The quantitative estimate of drug-likeness (QED) is 0.699. The van der Waals surface area contributed by atoms with Gasteiger partial charge in [-0.05, 0) is 25.3 Å². The van der Waals surface area contributed by atoms with Crippen molar-refractivity contribution in [2.24, 2.45) is 5.92 Å². The van der Waals surface area contributed by atoms with E-state index in [2.05, 4.69) is 0 Å². The van der Waals surface area contributed by atoms with Gasteiger partial charge in [0, 0.05) is 24.5 Å². The van der Waals surface area contributed by atoms with Crippen LogP contribution in [0.5, 0.6) is 0 Å². The highest BCUT2D eigenvalue weighted by Gasteiger charge is 2.36. The molecule has 2 aliphatic rings. The van der Waals surface area contributed by atoms with E-state index in [0.717, 1.165) is 18.0 Å². The van der Waals surface area contributed by atoms with Crippen LogP contribution < -0.4 is 0 Å². The molecule has 2 rings (SSSR count). The van der Waals surface area contributed by atoms with E-state index in [1.807, 2.05) is 25.3 Å². The zero-order valence-electron chi connectivity index (χ0n) is 9.25. The van der Waals surface area contributed by atoms with Gasteiger partial charge in [0.25, 0.3) is 0 Å². The van der Waals surface area contributed by atoms with Gasteiger partial charge in [-0.25, -0.2) is 0 Å². The van der Waals surface area contributed by atoms with E-state index in [4.69, 9.17) is 23.2 Å². The molecule has 1 aliphatic carbocycles. The van der Waals surface area contributed by atoms with E-state index in [1.54, 1.807) is 4.90 Å². The van der Waals surface area contributed by atoms with Crippen molar-refractivity contribution < 1.29 is 4.79 Å². The second kappa shape index (κ2) is 4.42. The van der Waals surface area contributed by atoms with Crippen molar-refractivity contribution in [3.05, 3.63) is 23.3 Å². The maximum atomic E-state index is 11.8. The van der Waals surface area contributed by atoms with E-state index < -0.39 is 4.87 Å². The molecule has 0 aromatic carbocycles. The van der Waals surface area contributed by atoms with Gasteiger partial charge in [-0.3, -0.25) is 4.79 Å². The summed E-state index contributed by atoms with van der Waals surface area (Å²) in [5, 5.41) is 0.728. The maximum Gasteiger partial charge on any atom is 0.225 e. The number of halogens is 2. The van der Waals surface area contributed by atoms with Gasteiger partial charge in [0.15, 0.2) is 0 Å². The molecule has 0 saturated carbocycles. The average Bonchev–Trinajstić information content (AvgIpc) is 2.55. The molecule has 88 valence electrons. The van der Waals surface area contributed by atoms with Gasteiger partial charge >= 0.3 is 0 Å². The monoisotopic (exact) mass is 259 g/mol. The fourth-order valence-electron chi connectivity index (χ4n) is 2.28. The fraction of sp³-hybridized carbons (Fsp3) is 0.583. The highest BCUT2D eigenvalue weighted by Crippen LogP contribution is 2.37. The number of amides is 1. The van der Waals surface area contributed by atoms with Gasteiger partial charge in [-0.15, -0.1) is 11.6 Å². The lowest BCUT2D eigenvalue weighted by Gasteiger charge is -2.26. The summed E-state index contributed by atoms with van der Waals surface area (Å²) in [7, 11) is 1.84. The van der Waals surface area contributed by atoms with Gasteiger partial charge in [0.1, 0.15) is 0 Å². The molecule has 4 heteroatoms. The van der Waals surface area contributed by atoms with Crippen molar-refractivity contribution in [1.29, 1.82) is 0 Å². The summed E-state index contributed by atoms with van der Waals surface area (Å²) in [6.45, 7) is 0.844. The largest absolute Gasteiger partial charge is 0.345 e. The van der Waals surface area contributed by atoms with Crippen LogP contribution in [0.25, 0.3) is 0 Å². The Hall–Kier alpha value is -0.470. The Balaban J connectivity index is 2.00. The van der Waals surface area contributed by atoms with Crippen LogP contribution >= 0.6 is 23.2 Å². The topological polar surface area (TPSA) is 20.3 Å². The first-order valence-corrected chi connectivity index (χ1v) is 6.24. The van der Waals surface area contributed by atoms with Crippen LogP contribution in [-0.4, -0.2) is 29.3 Å². The molecule has 1 aliphatic heterocycles. The lowest BCUT2D eigenvalue weighted by atomic mass is 9.88. The minimum atomic E-state index is -0.427. The number of likely N-dealkylation sites (tertiary alicyclic amines) is 1. The highest BCUT2D eigenvalue weighted by molar-refractivity contribution is 6.32. The van der Waals surface area contributed by atoms with Crippen molar-refractivity contribution in [2.45, 2.75) is 24.1 Å². The molecule has 0 radical (unpaired) electrons. The first-order valence-electron chi connectivity index (χ1n) is 5.49. The second-order valence-corrected chi connectivity index (χ2v) is 5.80. The molecule has 1 saturated heterocycles. The van der Waals surface area contributed by atoms with Crippen molar-refractivity contribution >= 4 is 29.1 Å². The Bertz CT molecular complexity index is 364. The molecule has 16 heavy (non-hydrogen) atoms. The number of allylic oxidation sites excluding steroid dienone is 4. The zero-order valence-corrected chi connectivity index (χ0v) is 10.8. The number of hydrogen-bond donors (Lipinski definition) is 0. The molecule has 0 bridgehead atoms. The Morgan fingerprint density at radius 3 is 2.88 bits per heavy atom. The highest BCUT2D eigenvalue weighted by atomic mass is 35.5. The molecule has 0 aromatic heterocycles. The summed E-state index contributed by atoms with van der Waals surface area (Å²) in [5.74, 6) is 0.284. The number of rotatable bonds is 2. The van der Waals surface area contributed by atoms with E-state index in [-0.39, 0.29) is 11.8 Å². The van der Waals surface area contributed by atoms with Crippen LogP contribution in [0.4, 0.5) is 0 Å². The van der Waals surface area contributed by atoms with Crippen LogP contribution in [0.3, 0.4) is 0 Å². The predicted molar refractivity (Wildman–Crippen MR) is 66.6 cm³/mol. The van der Waals surface area contributed by atoms with E-state index in [9.17, 15) is 4.79 Å². The van der Waals surface area contributed by atoms with Crippen molar-refractivity contribution in [1.82, 2.24) is 4.90 Å². The van der Waals surface area contributed by atoms with Crippen molar-refractivity contribution in [2.75, 3.05) is 13.6 Å². The summed E-state index contributed by atoms with van der Waals surface area (Å²) >= 11 is 12.3. The van der Waals surface area contributed by atoms with Crippen molar-refractivity contribution in [3.8, 4) is 0 Å². The smallest absolute Gasteiger partial charge is 0.225 e. The Kier molecular flexibility index (Phi) is 3.32. The molecular weight excluding hydrogens is 245 g/mol. The number of carbonyl (C=O) groups excluding carboxylic acids is 1. The lowest BCUT2D eigenvalue weighted by molar-refractivity contribution is -0.130. The number of hydrogen-bond acceptors (Lipinski definition) is 1. The van der Waals surface area contributed by atoms with Gasteiger partial charge in [0.2, 0.25) is 5.91 Å². The SMILES string of the molecule is CN1CCC(CC2(Cl)C=CC(Cl)=CC2)C1=O. The van der Waals surface area contributed by atoms with E-state index >= 15 is 0 Å². The number of carbonyl (C=O) groups is 1. The first-order chi connectivity index (χ1) is 7.50. The summed E-state index contributed by atoms with van der Waals surface area (Å²) in [6.07, 6.45) is 7.97. The third-order valence-electron chi connectivity index (χ3n) is 3.30. The van der Waals surface area contributed by atoms with Gasteiger partial charge in [-0.1, -0.05) is 23.8 Å². The predicted octanol–water partition coefficient (Wildman–Crippen LogP) is 2.92. The molecule has 2 atom stereocenters. The molecule has 2 unspecified atom stereocenters. The van der Waals surface area contributed by atoms with Crippen LogP contribution in [-0.2, 0) is 4.79 Å². The lowest BCUT2D eigenvalue weighted by Crippen LogP contribution is -2.29. The summed E-state index contributed by atoms with van der Waals surface area (Å²) < 4.78 is 0. The Morgan fingerprint density at radius 2 is 2.38 bits per heavy atom. The first kappa shape index (κ1) is 12.0. The zero-order chi connectivity index (χ0) is 11.8. The molecule has 0 aromatic rings. The minimum absolute atomic E-state index is 0.0671. The van der Waals surface area contributed by atoms with Gasteiger partial charge < -0.3 is 4.90 Å². The molecule has 1 fully saturated rings. The third-order valence-corrected chi connectivity index (χ3v) is 4.02. The fourth-order valence-corrected chi connectivity index (χ4v) is 2.74. The molecule has 2 nitrogen and oxygen atoms in total.